The number of nitrogens with one attached hydrogen (secondary N) is 1. The molecule has 3 rings (SSSR count). The zero-order valence-electron chi connectivity index (χ0n) is 13.1. The lowest BCUT2D eigenvalue weighted by atomic mass is 10.3. The molecule has 3 aromatic rings. The van der Waals surface area contributed by atoms with E-state index < -0.39 is 0 Å². The molecule has 0 aliphatic rings. The minimum Gasteiger partial charge on any atom is -0.454 e. The van der Waals surface area contributed by atoms with Crippen LogP contribution in [-0.2, 0) is 13.1 Å². The molecule has 0 unspecified atom stereocenters. The number of aromatic nitrogens is 3. The SMILES string of the molecule is Cc1cc(C)n(Cc2ccc(C(=O)NCc3cccnc3)o2)n1. The van der Waals surface area contributed by atoms with E-state index in [-0.39, 0.29) is 5.91 Å². The highest BCUT2D eigenvalue weighted by Gasteiger charge is 2.12. The fraction of sp³-hybridized carbons (Fsp3) is 0.235. The largest absolute Gasteiger partial charge is 0.454 e. The lowest BCUT2D eigenvalue weighted by molar-refractivity contribution is 0.0921. The van der Waals surface area contributed by atoms with Gasteiger partial charge in [0.15, 0.2) is 5.76 Å². The first kappa shape index (κ1) is 15.0. The summed E-state index contributed by atoms with van der Waals surface area (Å²) in [4.78, 5) is 16.1. The van der Waals surface area contributed by atoms with Crippen molar-refractivity contribution < 1.29 is 9.21 Å². The van der Waals surface area contributed by atoms with Crippen molar-refractivity contribution in [3.05, 3.63) is 71.2 Å². The van der Waals surface area contributed by atoms with Crippen LogP contribution in [0.5, 0.6) is 0 Å². The van der Waals surface area contributed by atoms with Crippen molar-refractivity contribution in [1.29, 1.82) is 0 Å². The van der Waals surface area contributed by atoms with Crippen molar-refractivity contribution in [2.75, 3.05) is 0 Å². The fourth-order valence-electron chi connectivity index (χ4n) is 2.34. The smallest absolute Gasteiger partial charge is 0.287 e. The maximum atomic E-state index is 12.1. The molecule has 1 N–H and O–H groups in total. The Hall–Kier alpha value is -2.89. The van der Waals surface area contributed by atoms with Crippen LogP contribution in [0.2, 0.25) is 0 Å². The molecule has 0 saturated heterocycles. The van der Waals surface area contributed by atoms with Crippen LogP contribution in [0.25, 0.3) is 0 Å². The average Bonchev–Trinajstić information content (AvgIpc) is 3.13. The summed E-state index contributed by atoms with van der Waals surface area (Å²) < 4.78 is 7.47. The van der Waals surface area contributed by atoms with E-state index in [1.807, 2.05) is 36.7 Å². The topological polar surface area (TPSA) is 73.0 Å². The molecule has 6 heteroatoms. The summed E-state index contributed by atoms with van der Waals surface area (Å²) in [6.07, 6.45) is 3.42. The van der Waals surface area contributed by atoms with Crippen molar-refractivity contribution in [2.24, 2.45) is 0 Å². The van der Waals surface area contributed by atoms with E-state index in [9.17, 15) is 4.79 Å². The van der Waals surface area contributed by atoms with Gasteiger partial charge in [0.05, 0.1) is 12.2 Å². The number of amides is 1. The van der Waals surface area contributed by atoms with Gasteiger partial charge in [0.2, 0.25) is 0 Å². The Balaban J connectivity index is 1.62. The van der Waals surface area contributed by atoms with Crippen LogP contribution in [0.4, 0.5) is 0 Å². The van der Waals surface area contributed by atoms with E-state index in [0.717, 1.165) is 17.0 Å². The Labute approximate surface area is 134 Å². The van der Waals surface area contributed by atoms with Crippen LogP contribution in [0.15, 0.2) is 47.1 Å². The van der Waals surface area contributed by atoms with Gasteiger partial charge in [0.1, 0.15) is 5.76 Å². The minimum atomic E-state index is -0.242. The molecule has 0 aliphatic heterocycles. The zero-order chi connectivity index (χ0) is 16.2. The lowest BCUT2D eigenvalue weighted by Gasteiger charge is -2.03. The summed E-state index contributed by atoms with van der Waals surface area (Å²) in [5, 5.41) is 7.20. The summed E-state index contributed by atoms with van der Waals surface area (Å²) in [6.45, 7) is 4.86. The molecule has 0 aromatic carbocycles. The molecule has 0 bridgehead atoms. The molecule has 0 fully saturated rings. The fourth-order valence-corrected chi connectivity index (χ4v) is 2.34. The lowest BCUT2D eigenvalue weighted by Crippen LogP contribution is -2.22. The van der Waals surface area contributed by atoms with E-state index in [1.165, 1.54) is 0 Å². The quantitative estimate of drug-likeness (QED) is 0.785. The number of hydrogen-bond acceptors (Lipinski definition) is 4. The molecule has 118 valence electrons. The summed E-state index contributed by atoms with van der Waals surface area (Å²) in [7, 11) is 0. The maximum Gasteiger partial charge on any atom is 0.287 e. The molecule has 0 atom stereocenters. The van der Waals surface area contributed by atoms with Crippen molar-refractivity contribution in [1.82, 2.24) is 20.1 Å². The van der Waals surface area contributed by atoms with Gasteiger partial charge in [-0.25, -0.2) is 0 Å². The monoisotopic (exact) mass is 310 g/mol. The number of aryl methyl sites for hydroxylation is 2. The van der Waals surface area contributed by atoms with Gasteiger partial charge in [-0.3, -0.25) is 14.5 Å². The Bertz CT molecular complexity index is 805. The van der Waals surface area contributed by atoms with E-state index in [4.69, 9.17) is 4.42 Å². The molecule has 3 heterocycles. The first-order valence-corrected chi connectivity index (χ1v) is 7.38. The Morgan fingerprint density at radius 1 is 1.30 bits per heavy atom. The van der Waals surface area contributed by atoms with Gasteiger partial charge < -0.3 is 9.73 Å². The van der Waals surface area contributed by atoms with Gasteiger partial charge in [-0.2, -0.15) is 5.10 Å². The second-order valence-corrected chi connectivity index (χ2v) is 5.39. The molecular formula is C17H18N4O2. The standard InChI is InChI=1S/C17H18N4O2/c1-12-8-13(2)21(20-12)11-15-5-6-16(23-15)17(22)19-10-14-4-3-7-18-9-14/h3-9H,10-11H2,1-2H3,(H,19,22). The normalized spacial score (nSPS) is 10.7. The second-order valence-electron chi connectivity index (χ2n) is 5.39. The number of nitrogens with zero attached hydrogens (tertiary/aromatic N) is 3. The highest BCUT2D eigenvalue weighted by molar-refractivity contribution is 5.91. The van der Waals surface area contributed by atoms with Crippen molar-refractivity contribution >= 4 is 5.91 Å². The van der Waals surface area contributed by atoms with Crippen LogP contribution >= 0.6 is 0 Å². The van der Waals surface area contributed by atoms with Gasteiger partial charge in [0.25, 0.3) is 5.91 Å². The third-order valence-corrected chi connectivity index (χ3v) is 3.47. The van der Waals surface area contributed by atoms with E-state index >= 15 is 0 Å². The second kappa shape index (κ2) is 6.48. The van der Waals surface area contributed by atoms with Crippen LogP contribution in [0.3, 0.4) is 0 Å². The van der Waals surface area contributed by atoms with E-state index in [0.29, 0.717) is 24.6 Å². The molecule has 6 nitrogen and oxygen atoms in total. The number of carbonyl (C=O) groups is 1. The third kappa shape index (κ3) is 3.66. The average molecular weight is 310 g/mol. The predicted octanol–water partition coefficient (Wildman–Crippen LogP) is 2.47. The molecule has 1 amide bonds. The molecular weight excluding hydrogens is 292 g/mol. The van der Waals surface area contributed by atoms with Gasteiger partial charge in [-0.05, 0) is 43.7 Å². The molecule has 23 heavy (non-hydrogen) atoms. The Morgan fingerprint density at radius 3 is 2.87 bits per heavy atom. The number of rotatable bonds is 5. The number of hydrogen-bond donors (Lipinski definition) is 1. The van der Waals surface area contributed by atoms with Gasteiger partial charge in [-0.15, -0.1) is 0 Å². The van der Waals surface area contributed by atoms with Crippen molar-refractivity contribution in [2.45, 2.75) is 26.9 Å². The Morgan fingerprint density at radius 2 is 2.17 bits per heavy atom. The number of pyridine rings is 1. The van der Waals surface area contributed by atoms with Crippen molar-refractivity contribution in [3.63, 3.8) is 0 Å². The van der Waals surface area contributed by atoms with Gasteiger partial charge >= 0.3 is 0 Å². The molecule has 0 saturated carbocycles. The number of carbonyl (C=O) groups excluding carboxylic acids is 1. The highest BCUT2D eigenvalue weighted by Crippen LogP contribution is 2.12. The Kier molecular flexibility index (Phi) is 4.23. The van der Waals surface area contributed by atoms with E-state index in [1.54, 1.807) is 24.5 Å². The summed E-state index contributed by atoms with van der Waals surface area (Å²) >= 11 is 0. The summed E-state index contributed by atoms with van der Waals surface area (Å²) in [5.41, 5.74) is 2.96. The van der Waals surface area contributed by atoms with E-state index in [2.05, 4.69) is 15.4 Å². The van der Waals surface area contributed by atoms with Crippen LogP contribution in [-0.4, -0.2) is 20.7 Å². The molecule has 0 aliphatic carbocycles. The summed E-state index contributed by atoms with van der Waals surface area (Å²) in [5.74, 6) is 0.752. The van der Waals surface area contributed by atoms with Gasteiger partial charge in [0, 0.05) is 24.6 Å². The van der Waals surface area contributed by atoms with Crippen LogP contribution < -0.4 is 5.32 Å². The maximum absolute atomic E-state index is 12.1. The zero-order valence-corrected chi connectivity index (χ0v) is 13.1. The minimum absolute atomic E-state index is 0.242. The predicted molar refractivity (Wildman–Crippen MR) is 84.9 cm³/mol. The van der Waals surface area contributed by atoms with Crippen molar-refractivity contribution in [3.8, 4) is 0 Å². The van der Waals surface area contributed by atoms with Gasteiger partial charge in [-0.1, -0.05) is 6.07 Å². The third-order valence-electron chi connectivity index (χ3n) is 3.47. The molecule has 0 radical (unpaired) electrons. The van der Waals surface area contributed by atoms with Crippen LogP contribution in [0, 0.1) is 13.8 Å². The first-order chi connectivity index (χ1) is 11.1. The first-order valence-electron chi connectivity index (χ1n) is 7.38. The van der Waals surface area contributed by atoms with Crippen LogP contribution in [0.1, 0.15) is 33.3 Å². The molecule has 3 aromatic heterocycles. The molecule has 0 spiro atoms. The highest BCUT2D eigenvalue weighted by atomic mass is 16.4. The summed E-state index contributed by atoms with van der Waals surface area (Å²) in [6, 6.07) is 9.23. The number of furan rings is 1.